The van der Waals surface area contributed by atoms with Crippen molar-refractivity contribution in [3.8, 4) is 0 Å². The van der Waals surface area contributed by atoms with E-state index in [1.807, 2.05) is 45.0 Å². The van der Waals surface area contributed by atoms with E-state index in [4.69, 9.17) is 9.15 Å². The summed E-state index contributed by atoms with van der Waals surface area (Å²) in [5, 5.41) is 9.55. The van der Waals surface area contributed by atoms with Gasteiger partial charge in [0.25, 0.3) is 0 Å². The number of ether oxygens (including phenoxy) is 1. The molecule has 5 nitrogen and oxygen atoms in total. The van der Waals surface area contributed by atoms with Crippen LogP contribution < -0.4 is 0 Å². The van der Waals surface area contributed by atoms with Gasteiger partial charge in [0.15, 0.2) is 0 Å². The molecule has 0 saturated carbocycles. The minimum atomic E-state index is -0.501. The number of hydrogen-bond acceptors (Lipinski definition) is 5. The zero-order valence-corrected chi connectivity index (χ0v) is 13.8. The number of hydrogen-bond donors (Lipinski definition) is 1. The summed E-state index contributed by atoms with van der Waals surface area (Å²) in [6.07, 6.45) is 3.85. The molecule has 0 aliphatic rings. The maximum Gasteiger partial charge on any atom is 0.306 e. The van der Waals surface area contributed by atoms with Crippen molar-refractivity contribution in [3.63, 3.8) is 0 Å². The minimum absolute atomic E-state index is 0.0696. The molecule has 5 heteroatoms. The second-order valence-corrected chi connectivity index (χ2v) is 6.40. The fraction of sp³-hybridized carbons (Fsp3) is 0.444. The van der Waals surface area contributed by atoms with Crippen molar-refractivity contribution >= 4 is 5.97 Å². The monoisotopic (exact) mass is 317 g/mol. The number of nitrogens with zero attached hydrogens (tertiary/aromatic N) is 1. The first-order valence-electron chi connectivity index (χ1n) is 7.70. The first-order chi connectivity index (χ1) is 10.9. The van der Waals surface area contributed by atoms with Gasteiger partial charge in [-0.3, -0.25) is 4.79 Å². The maximum absolute atomic E-state index is 12.0. The molecular formula is C18H23NO4. The summed E-state index contributed by atoms with van der Waals surface area (Å²) in [5.41, 5.74) is 1.22. The van der Waals surface area contributed by atoms with E-state index in [1.54, 1.807) is 6.20 Å². The molecule has 1 unspecified atom stereocenters. The van der Waals surface area contributed by atoms with E-state index in [0.29, 0.717) is 12.3 Å². The quantitative estimate of drug-likeness (QED) is 0.826. The Kier molecular flexibility index (Phi) is 5.55. The van der Waals surface area contributed by atoms with E-state index in [0.717, 1.165) is 11.1 Å². The molecule has 1 aromatic heterocycles. The number of rotatable bonds is 6. The van der Waals surface area contributed by atoms with Crippen LogP contribution in [0.1, 0.15) is 56.5 Å². The van der Waals surface area contributed by atoms with Gasteiger partial charge in [-0.1, -0.05) is 24.3 Å². The first kappa shape index (κ1) is 17.2. The van der Waals surface area contributed by atoms with Crippen LogP contribution >= 0.6 is 0 Å². The van der Waals surface area contributed by atoms with E-state index in [1.165, 1.54) is 6.26 Å². The number of aliphatic hydroxyl groups excluding tert-OH is 1. The molecule has 0 amide bonds. The predicted molar refractivity (Wildman–Crippen MR) is 85.8 cm³/mol. The normalized spacial score (nSPS) is 12.9. The van der Waals surface area contributed by atoms with Gasteiger partial charge < -0.3 is 14.3 Å². The standard InChI is InChI=1S/C18H23NO4/c1-18(2,3)23-16(21)9-8-15(17-19-10-11-22-17)14-7-5-4-6-13(14)12-20/h4-7,10-11,15,20H,8-9,12H2,1-3H3. The molecule has 1 aromatic carbocycles. The second kappa shape index (κ2) is 7.42. The van der Waals surface area contributed by atoms with E-state index < -0.39 is 5.60 Å². The lowest BCUT2D eigenvalue weighted by Gasteiger charge is -2.21. The maximum atomic E-state index is 12.0. The van der Waals surface area contributed by atoms with Crippen LogP contribution in [0.2, 0.25) is 0 Å². The average Bonchev–Trinajstić information content (AvgIpc) is 3.00. The van der Waals surface area contributed by atoms with Gasteiger partial charge in [-0.25, -0.2) is 4.98 Å². The summed E-state index contributed by atoms with van der Waals surface area (Å²) in [5.74, 6) is 0.0888. The third kappa shape index (κ3) is 4.93. The van der Waals surface area contributed by atoms with Crippen molar-refractivity contribution in [3.05, 3.63) is 53.7 Å². The lowest BCUT2D eigenvalue weighted by Crippen LogP contribution is -2.24. The molecule has 1 N–H and O–H groups in total. The minimum Gasteiger partial charge on any atom is -0.460 e. The van der Waals surface area contributed by atoms with E-state index in [-0.39, 0.29) is 24.9 Å². The highest BCUT2D eigenvalue weighted by molar-refractivity contribution is 5.70. The van der Waals surface area contributed by atoms with Gasteiger partial charge in [-0.2, -0.15) is 0 Å². The molecule has 0 aliphatic heterocycles. The third-order valence-corrected chi connectivity index (χ3v) is 3.41. The molecule has 0 radical (unpaired) electrons. The Morgan fingerprint density at radius 1 is 1.35 bits per heavy atom. The van der Waals surface area contributed by atoms with Gasteiger partial charge in [-0.05, 0) is 38.3 Å². The number of benzene rings is 1. The van der Waals surface area contributed by atoms with Gasteiger partial charge in [0, 0.05) is 6.42 Å². The van der Waals surface area contributed by atoms with Gasteiger partial charge in [0.05, 0.1) is 18.7 Å². The number of esters is 1. The fourth-order valence-electron chi connectivity index (χ4n) is 2.49. The zero-order chi connectivity index (χ0) is 16.9. The molecule has 1 heterocycles. The van der Waals surface area contributed by atoms with Crippen molar-refractivity contribution in [1.29, 1.82) is 0 Å². The van der Waals surface area contributed by atoms with Crippen molar-refractivity contribution < 1.29 is 19.1 Å². The Balaban J connectivity index is 2.18. The van der Waals surface area contributed by atoms with Gasteiger partial charge >= 0.3 is 5.97 Å². The van der Waals surface area contributed by atoms with Gasteiger partial charge in [0.1, 0.15) is 11.9 Å². The summed E-state index contributed by atoms with van der Waals surface area (Å²) >= 11 is 0. The van der Waals surface area contributed by atoms with Crippen LogP contribution in [0.5, 0.6) is 0 Å². The summed E-state index contributed by atoms with van der Waals surface area (Å²) < 4.78 is 10.8. The van der Waals surface area contributed by atoms with Crippen LogP contribution in [0.15, 0.2) is 41.1 Å². The Morgan fingerprint density at radius 2 is 2.09 bits per heavy atom. The van der Waals surface area contributed by atoms with E-state index in [2.05, 4.69) is 4.98 Å². The van der Waals surface area contributed by atoms with Gasteiger partial charge in [0.2, 0.25) is 5.89 Å². The molecule has 23 heavy (non-hydrogen) atoms. The zero-order valence-electron chi connectivity index (χ0n) is 13.8. The molecule has 124 valence electrons. The van der Waals surface area contributed by atoms with Crippen molar-refractivity contribution in [2.45, 2.75) is 51.7 Å². The Hall–Kier alpha value is -2.14. The van der Waals surface area contributed by atoms with Crippen molar-refractivity contribution in [2.75, 3.05) is 0 Å². The molecule has 1 atom stereocenters. The van der Waals surface area contributed by atoms with Crippen LogP contribution in [-0.4, -0.2) is 21.7 Å². The molecule has 0 saturated heterocycles. The van der Waals surface area contributed by atoms with E-state index >= 15 is 0 Å². The number of aliphatic hydroxyl groups is 1. The molecule has 0 aliphatic carbocycles. The van der Waals surface area contributed by atoms with Crippen molar-refractivity contribution in [1.82, 2.24) is 4.98 Å². The Morgan fingerprint density at radius 3 is 2.70 bits per heavy atom. The van der Waals surface area contributed by atoms with Gasteiger partial charge in [-0.15, -0.1) is 0 Å². The third-order valence-electron chi connectivity index (χ3n) is 3.41. The molecular weight excluding hydrogens is 294 g/mol. The lowest BCUT2D eigenvalue weighted by atomic mass is 9.90. The second-order valence-electron chi connectivity index (χ2n) is 6.40. The molecule has 2 aromatic rings. The van der Waals surface area contributed by atoms with Crippen LogP contribution in [0, 0.1) is 0 Å². The highest BCUT2D eigenvalue weighted by Gasteiger charge is 2.24. The number of carbonyl (C=O) groups is 1. The molecule has 0 bridgehead atoms. The molecule has 0 spiro atoms. The lowest BCUT2D eigenvalue weighted by molar-refractivity contribution is -0.154. The Bertz CT molecular complexity index is 629. The Labute approximate surface area is 136 Å². The van der Waals surface area contributed by atoms with Crippen molar-refractivity contribution in [2.24, 2.45) is 0 Å². The average molecular weight is 317 g/mol. The van der Waals surface area contributed by atoms with Crippen LogP contribution in [0.25, 0.3) is 0 Å². The smallest absolute Gasteiger partial charge is 0.306 e. The van der Waals surface area contributed by atoms with Crippen LogP contribution in [0.4, 0.5) is 0 Å². The highest BCUT2D eigenvalue weighted by atomic mass is 16.6. The SMILES string of the molecule is CC(C)(C)OC(=O)CCC(c1ncco1)c1ccccc1CO. The first-order valence-corrected chi connectivity index (χ1v) is 7.70. The van der Waals surface area contributed by atoms with Crippen LogP contribution in [0.3, 0.4) is 0 Å². The fourth-order valence-corrected chi connectivity index (χ4v) is 2.49. The summed E-state index contributed by atoms with van der Waals surface area (Å²) in [4.78, 5) is 16.2. The van der Waals surface area contributed by atoms with Crippen LogP contribution in [-0.2, 0) is 16.1 Å². The van der Waals surface area contributed by atoms with E-state index in [9.17, 15) is 9.90 Å². The molecule has 2 rings (SSSR count). The number of aromatic nitrogens is 1. The summed E-state index contributed by atoms with van der Waals surface area (Å²) in [7, 11) is 0. The molecule has 0 fully saturated rings. The predicted octanol–water partition coefficient (Wildman–Crippen LogP) is 3.42. The topological polar surface area (TPSA) is 72.6 Å². The highest BCUT2D eigenvalue weighted by Crippen LogP contribution is 2.31. The number of oxazole rings is 1. The summed E-state index contributed by atoms with van der Waals surface area (Å²) in [6.45, 7) is 5.46. The largest absolute Gasteiger partial charge is 0.460 e. The summed E-state index contributed by atoms with van der Waals surface area (Å²) in [6, 6.07) is 7.56. The number of carbonyl (C=O) groups excluding carboxylic acids is 1.